The number of sulfonamides is 2. The van der Waals surface area contributed by atoms with Crippen molar-refractivity contribution in [1.29, 1.82) is 0 Å². The standard InChI is InChI=1S/C9H20NO2.C2F6NO4S2/c1-3-12-9-10(8-11-2)6-4-5-7-10;3-1(4,5)14(10,11)9-15(12,13)2(6,7)8/h3-9H2,1-2H3;/q+1;-1. The first-order valence-corrected chi connectivity index (χ1v) is 10.2. The van der Waals surface area contributed by atoms with E-state index in [1.165, 1.54) is 25.9 Å². The summed E-state index contributed by atoms with van der Waals surface area (Å²) in [5, 5.41) is 0. The van der Waals surface area contributed by atoms with E-state index in [9.17, 15) is 43.2 Å². The Morgan fingerprint density at radius 3 is 1.59 bits per heavy atom. The quantitative estimate of drug-likeness (QED) is 0.432. The highest BCUT2D eigenvalue weighted by molar-refractivity contribution is 8.13. The molecule has 0 aromatic heterocycles. The lowest BCUT2D eigenvalue weighted by molar-refractivity contribution is -0.951. The van der Waals surface area contributed by atoms with Gasteiger partial charge in [-0.25, -0.2) is 16.8 Å². The first-order valence-electron chi connectivity index (χ1n) is 7.32. The predicted molar refractivity (Wildman–Crippen MR) is 80.9 cm³/mol. The molecule has 27 heavy (non-hydrogen) atoms. The van der Waals surface area contributed by atoms with E-state index in [2.05, 4.69) is 0 Å². The molecule has 0 saturated carbocycles. The van der Waals surface area contributed by atoms with Crippen LogP contribution in [0.1, 0.15) is 19.8 Å². The van der Waals surface area contributed by atoms with E-state index in [-0.39, 0.29) is 0 Å². The number of likely N-dealkylation sites (tertiary alicyclic amines) is 1. The molecule has 0 aromatic rings. The summed E-state index contributed by atoms with van der Waals surface area (Å²) < 4.78 is 121. The molecule has 0 unspecified atom stereocenters. The van der Waals surface area contributed by atoms with Crippen LogP contribution in [-0.2, 0) is 29.5 Å². The maximum atomic E-state index is 11.4. The molecule has 1 fully saturated rings. The summed E-state index contributed by atoms with van der Waals surface area (Å²) in [6.45, 7) is 6.91. The van der Waals surface area contributed by atoms with E-state index in [1.807, 2.05) is 6.92 Å². The zero-order valence-corrected chi connectivity index (χ0v) is 16.0. The van der Waals surface area contributed by atoms with Gasteiger partial charge in [-0.15, -0.1) is 0 Å². The summed E-state index contributed by atoms with van der Waals surface area (Å²) in [7, 11) is -11.7. The zero-order valence-electron chi connectivity index (χ0n) is 14.4. The van der Waals surface area contributed by atoms with Gasteiger partial charge in [0.05, 0.1) is 13.1 Å². The van der Waals surface area contributed by atoms with Gasteiger partial charge in [-0.2, -0.15) is 26.3 Å². The van der Waals surface area contributed by atoms with E-state index in [1.54, 1.807) is 7.11 Å². The Kier molecular flexibility index (Phi) is 9.44. The fourth-order valence-corrected chi connectivity index (χ4v) is 3.78. The van der Waals surface area contributed by atoms with Crippen molar-refractivity contribution in [3.63, 3.8) is 0 Å². The van der Waals surface area contributed by atoms with E-state index in [0.717, 1.165) is 28.7 Å². The van der Waals surface area contributed by atoms with Crippen LogP contribution >= 0.6 is 0 Å². The molecule has 0 N–H and O–H groups in total. The molecule has 0 radical (unpaired) electrons. The Bertz CT molecular complexity index is 614. The van der Waals surface area contributed by atoms with Gasteiger partial charge >= 0.3 is 11.0 Å². The van der Waals surface area contributed by atoms with Crippen molar-refractivity contribution >= 4 is 20.0 Å². The third-order valence-corrected chi connectivity index (χ3v) is 6.01. The molecule has 0 atom stereocenters. The molecule has 1 saturated heterocycles. The third kappa shape index (κ3) is 8.06. The number of quaternary nitrogens is 1. The first kappa shape index (κ1) is 26.3. The average molecular weight is 454 g/mol. The second-order valence-electron chi connectivity index (χ2n) is 5.45. The number of nitrogens with zero attached hydrogens (tertiary/aromatic N) is 2. The smallest absolute Gasteiger partial charge is 0.421 e. The second kappa shape index (κ2) is 9.69. The average Bonchev–Trinajstić information content (AvgIpc) is 2.92. The Morgan fingerprint density at radius 2 is 1.30 bits per heavy atom. The largest absolute Gasteiger partial charge is 0.480 e. The molecule has 16 heteroatoms. The molecule has 1 aliphatic heterocycles. The summed E-state index contributed by atoms with van der Waals surface area (Å²) in [5.41, 5.74) is -12.4. The Morgan fingerprint density at radius 1 is 0.889 bits per heavy atom. The van der Waals surface area contributed by atoms with Gasteiger partial charge in [-0.1, -0.05) is 0 Å². The van der Waals surface area contributed by atoms with Gasteiger partial charge in [0.25, 0.3) is 0 Å². The van der Waals surface area contributed by atoms with E-state index in [4.69, 9.17) is 9.47 Å². The minimum Gasteiger partial charge on any atom is -0.421 e. The minimum absolute atomic E-state index is 0.778. The van der Waals surface area contributed by atoms with E-state index >= 15 is 0 Å². The van der Waals surface area contributed by atoms with Crippen LogP contribution in [0, 0.1) is 0 Å². The number of rotatable bonds is 7. The van der Waals surface area contributed by atoms with Crippen LogP contribution in [0.4, 0.5) is 26.3 Å². The molecule has 1 heterocycles. The highest BCUT2D eigenvalue weighted by Crippen LogP contribution is 2.36. The molecule has 0 aliphatic carbocycles. The zero-order chi connectivity index (χ0) is 21.6. The Labute approximate surface area is 153 Å². The van der Waals surface area contributed by atoms with Gasteiger partial charge < -0.3 is 13.6 Å². The van der Waals surface area contributed by atoms with E-state index in [0.29, 0.717) is 0 Å². The van der Waals surface area contributed by atoms with Crippen molar-refractivity contribution < 1.29 is 57.1 Å². The normalized spacial score (nSPS) is 18.1. The molecule has 1 rings (SSSR count). The van der Waals surface area contributed by atoms with Crippen LogP contribution in [0.3, 0.4) is 0 Å². The van der Waals surface area contributed by atoms with Gasteiger partial charge in [0.1, 0.15) is 0 Å². The number of alkyl halides is 6. The molecule has 0 bridgehead atoms. The highest BCUT2D eigenvalue weighted by Gasteiger charge is 2.46. The number of halogens is 6. The monoisotopic (exact) mass is 454 g/mol. The molecule has 0 aromatic carbocycles. The van der Waals surface area contributed by atoms with Crippen LogP contribution in [0.25, 0.3) is 4.13 Å². The van der Waals surface area contributed by atoms with Crippen LogP contribution in [0.5, 0.6) is 0 Å². The van der Waals surface area contributed by atoms with Gasteiger partial charge in [0, 0.05) is 26.6 Å². The first-order chi connectivity index (χ1) is 12.0. The van der Waals surface area contributed by atoms with Crippen LogP contribution in [0.2, 0.25) is 0 Å². The summed E-state index contributed by atoms with van der Waals surface area (Å²) in [4.78, 5) is 0. The molecule has 164 valence electrons. The topological polar surface area (TPSA) is 101 Å². The van der Waals surface area contributed by atoms with Crippen molar-refractivity contribution in [3.8, 4) is 0 Å². The van der Waals surface area contributed by atoms with Gasteiger partial charge in [-0.05, 0) is 6.92 Å². The SMILES string of the molecule is CCOC[N+]1(COC)CCCC1.O=S(=O)([N-]S(=O)(=O)C(F)(F)F)C(F)(F)F. The third-order valence-electron chi connectivity index (χ3n) is 3.27. The lowest BCUT2D eigenvalue weighted by Gasteiger charge is -2.32. The van der Waals surface area contributed by atoms with Crippen molar-refractivity contribution in [2.24, 2.45) is 0 Å². The number of hydrogen-bond acceptors (Lipinski definition) is 6. The minimum atomic E-state index is -6.72. The summed E-state index contributed by atoms with van der Waals surface area (Å²) in [6.07, 6.45) is 2.63. The van der Waals surface area contributed by atoms with E-state index < -0.39 is 31.1 Å². The lowest BCUT2D eigenvalue weighted by atomic mass is 10.4. The highest BCUT2D eigenvalue weighted by atomic mass is 32.3. The van der Waals surface area contributed by atoms with Gasteiger partial charge in [0.2, 0.25) is 0 Å². The summed E-state index contributed by atoms with van der Waals surface area (Å²) >= 11 is 0. The van der Waals surface area contributed by atoms with Crippen LogP contribution in [0.15, 0.2) is 0 Å². The van der Waals surface area contributed by atoms with Gasteiger partial charge in [-0.3, -0.25) is 4.48 Å². The second-order valence-corrected chi connectivity index (χ2v) is 8.87. The maximum Gasteiger partial charge on any atom is 0.480 e. The molecule has 0 amide bonds. The molecule has 1 aliphatic rings. The maximum absolute atomic E-state index is 11.4. The van der Waals surface area contributed by atoms with Crippen molar-refractivity contribution in [1.82, 2.24) is 0 Å². The molecule has 8 nitrogen and oxygen atoms in total. The van der Waals surface area contributed by atoms with Crippen LogP contribution in [-0.4, -0.2) is 72.6 Å². The lowest BCUT2D eigenvalue weighted by Crippen LogP contribution is -2.48. The molecule has 0 spiro atoms. The number of methoxy groups -OCH3 is 1. The van der Waals surface area contributed by atoms with Crippen molar-refractivity contribution in [2.45, 2.75) is 30.8 Å². The van der Waals surface area contributed by atoms with Crippen LogP contribution < -0.4 is 0 Å². The fraction of sp³-hybridized carbons (Fsp3) is 1.00. The molecular weight excluding hydrogens is 434 g/mol. The number of hydrogen-bond donors (Lipinski definition) is 0. The Balaban J connectivity index is 0.000000511. The van der Waals surface area contributed by atoms with Crippen molar-refractivity contribution in [2.75, 3.05) is 40.3 Å². The summed E-state index contributed by atoms with van der Waals surface area (Å²) in [6, 6.07) is 0. The van der Waals surface area contributed by atoms with Gasteiger partial charge in [0.15, 0.2) is 33.5 Å². The van der Waals surface area contributed by atoms with Crippen molar-refractivity contribution in [3.05, 3.63) is 4.13 Å². The predicted octanol–water partition coefficient (Wildman–Crippen LogP) is 2.25. The fourth-order valence-electron chi connectivity index (χ4n) is 2.07. The molecular formula is C11H20F6N2O6S2. The Hall–Kier alpha value is -0.680. The summed E-state index contributed by atoms with van der Waals surface area (Å²) in [5.74, 6) is 0. The number of ether oxygens (including phenoxy) is 2.